The van der Waals surface area contributed by atoms with Gasteiger partial charge in [-0.25, -0.2) is 4.79 Å². The first-order chi connectivity index (χ1) is 13.1. The van der Waals surface area contributed by atoms with E-state index in [1.807, 2.05) is 23.1 Å². The van der Waals surface area contributed by atoms with Crippen LogP contribution in [0.15, 0.2) is 24.3 Å². The molecule has 2 fully saturated rings. The minimum atomic E-state index is -0.322. The predicted molar refractivity (Wildman–Crippen MR) is 99.3 cm³/mol. The summed E-state index contributed by atoms with van der Waals surface area (Å²) < 4.78 is 5.00. The van der Waals surface area contributed by atoms with E-state index in [0.717, 1.165) is 12.1 Å². The van der Waals surface area contributed by atoms with Crippen LogP contribution >= 0.6 is 0 Å². The second-order valence-electron chi connectivity index (χ2n) is 7.33. The molecule has 0 spiro atoms. The molecular weight excluding hydrogens is 346 g/mol. The minimum Gasteiger partial charge on any atom is -0.450 e. The van der Waals surface area contributed by atoms with E-state index in [1.54, 1.807) is 16.7 Å². The molecule has 27 heavy (non-hydrogen) atoms. The lowest BCUT2D eigenvalue weighted by Gasteiger charge is -2.34. The monoisotopic (exact) mass is 371 g/mol. The zero-order valence-electron chi connectivity index (χ0n) is 15.6. The van der Waals surface area contributed by atoms with Gasteiger partial charge in [-0.15, -0.1) is 0 Å². The zero-order chi connectivity index (χ0) is 19.0. The molecular formula is C20H25N3O4. The van der Waals surface area contributed by atoms with E-state index in [0.29, 0.717) is 45.8 Å². The third kappa shape index (κ3) is 3.38. The summed E-state index contributed by atoms with van der Waals surface area (Å²) in [7, 11) is 0. The topological polar surface area (TPSA) is 70.2 Å². The smallest absolute Gasteiger partial charge is 0.409 e. The van der Waals surface area contributed by atoms with Crippen LogP contribution in [-0.2, 0) is 20.7 Å². The number of benzene rings is 1. The maximum absolute atomic E-state index is 12.9. The average Bonchev–Trinajstić information content (AvgIpc) is 3.38. The second-order valence-corrected chi connectivity index (χ2v) is 7.33. The first kappa shape index (κ1) is 17.8. The number of anilines is 1. The van der Waals surface area contributed by atoms with E-state index in [9.17, 15) is 14.4 Å². The van der Waals surface area contributed by atoms with Crippen LogP contribution in [0.5, 0.6) is 0 Å². The highest BCUT2D eigenvalue weighted by atomic mass is 16.6. The van der Waals surface area contributed by atoms with Gasteiger partial charge in [0.2, 0.25) is 11.8 Å². The number of ether oxygens (including phenoxy) is 1. The Morgan fingerprint density at radius 1 is 0.963 bits per heavy atom. The number of fused-ring (bicyclic) bond motifs is 1. The summed E-state index contributed by atoms with van der Waals surface area (Å²) >= 11 is 0. The lowest BCUT2D eigenvalue weighted by Crippen LogP contribution is -2.51. The van der Waals surface area contributed by atoms with Crippen molar-refractivity contribution in [2.24, 2.45) is 11.8 Å². The van der Waals surface area contributed by atoms with Gasteiger partial charge < -0.3 is 19.4 Å². The predicted octanol–water partition coefficient (Wildman–Crippen LogP) is 1.51. The zero-order valence-corrected chi connectivity index (χ0v) is 15.6. The Labute approximate surface area is 158 Å². The van der Waals surface area contributed by atoms with Crippen molar-refractivity contribution >= 4 is 23.6 Å². The van der Waals surface area contributed by atoms with E-state index < -0.39 is 0 Å². The molecule has 1 saturated heterocycles. The van der Waals surface area contributed by atoms with Crippen LogP contribution in [-0.4, -0.2) is 67.0 Å². The molecule has 2 atom stereocenters. The van der Waals surface area contributed by atoms with Crippen molar-refractivity contribution in [1.82, 2.24) is 9.80 Å². The van der Waals surface area contributed by atoms with Gasteiger partial charge in [0.05, 0.1) is 18.4 Å². The van der Waals surface area contributed by atoms with Gasteiger partial charge in [0.25, 0.3) is 0 Å². The fourth-order valence-corrected chi connectivity index (χ4v) is 4.07. The highest BCUT2D eigenvalue weighted by Gasteiger charge is 2.51. The molecule has 7 nitrogen and oxygen atoms in total. The normalized spacial score (nSPS) is 23.8. The molecule has 3 aliphatic rings. The molecule has 3 amide bonds. The summed E-state index contributed by atoms with van der Waals surface area (Å²) in [4.78, 5) is 42.6. The highest BCUT2D eigenvalue weighted by Crippen LogP contribution is 2.43. The van der Waals surface area contributed by atoms with Crippen LogP contribution in [0.4, 0.5) is 10.5 Å². The van der Waals surface area contributed by atoms with Gasteiger partial charge in [0, 0.05) is 38.4 Å². The van der Waals surface area contributed by atoms with Gasteiger partial charge in [-0.3, -0.25) is 9.59 Å². The molecule has 7 heteroatoms. The molecule has 1 aromatic rings. The Balaban J connectivity index is 1.31. The van der Waals surface area contributed by atoms with Crippen molar-refractivity contribution < 1.29 is 19.1 Å². The van der Waals surface area contributed by atoms with Crippen LogP contribution in [0.3, 0.4) is 0 Å². The summed E-state index contributed by atoms with van der Waals surface area (Å²) in [6, 6.07) is 7.98. The maximum Gasteiger partial charge on any atom is 0.409 e. The van der Waals surface area contributed by atoms with E-state index in [1.165, 1.54) is 5.56 Å². The summed E-state index contributed by atoms with van der Waals surface area (Å²) in [5, 5.41) is 0. The second kappa shape index (κ2) is 7.21. The SMILES string of the molecule is CCOC(=O)N1CCN(C(=O)C2CC2C(=O)N2CCc3ccccc32)CC1. The Morgan fingerprint density at radius 3 is 2.37 bits per heavy atom. The lowest BCUT2D eigenvalue weighted by atomic mass is 10.2. The third-order valence-electron chi connectivity index (χ3n) is 5.70. The number of amides is 3. The van der Waals surface area contributed by atoms with Crippen LogP contribution in [0.2, 0.25) is 0 Å². The number of carbonyl (C=O) groups is 3. The first-order valence-corrected chi connectivity index (χ1v) is 9.70. The number of para-hydroxylation sites is 1. The van der Waals surface area contributed by atoms with Gasteiger partial charge in [0.1, 0.15) is 0 Å². The molecule has 144 valence electrons. The van der Waals surface area contributed by atoms with Crippen molar-refractivity contribution in [3.63, 3.8) is 0 Å². The Kier molecular flexibility index (Phi) is 4.76. The van der Waals surface area contributed by atoms with Crippen LogP contribution in [0.25, 0.3) is 0 Å². The van der Waals surface area contributed by atoms with Gasteiger partial charge in [-0.2, -0.15) is 0 Å². The molecule has 1 aromatic carbocycles. The Morgan fingerprint density at radius 2 is 1.63 bits per heavy atom. The quantitative estimate of drug-likeness (QED) is 0.808. The molecule has 0 radical (unpaired) electrons. The van der Waals surface area contributed by atoms with Crippen molar-refractivity contribution in [2.75, 3.05) is 44.2 Å². The average molecular weight is 371 g/mol. The van der Waals surface area contributed by atoms with Crippen LogP contribution in [0.1, 0.15) is 18.9 Å². The highest BCUT2D eigenvalue weighted by molar-refractivity contribution is 6.02. The summed E-state index contributed by atoms with van der Waals surface area (Å²) in [5.41, 5.74) is 2.19. The standard InChI is InChI=1S/C20H25N3O4/c1-2-27-20(26)22-11-9-21(10-12-22)18(24)15-13-16(15)19(25)23-8-7-14-5-3-4-6-17(14)23/h3-6,15-16H,2,7-13H2,1H3. The van der Waals surface area contributed by atoms with E-state index in [4.69, 9.17) is 4.74 Å². The Hall–Kier alpha value is -2.57. The van der Waals surface area contributed by atoms with Gasteiger partial charge in [-0.05, 0) is 31.4 Å². The molecule has 0 aromatic heterocycles. The molecule has 0 bridgehead atoms. The van der Waals surface area contributed by atoms with Crippen molar-refractivity contribution in [2.45, 2.75) is 19.8 Å². The molecule has 1 saturated carbocycles. The molecule has 2 heterocycles. The van der Waals surface area contributed by atoms with E-state index in [2.05, 4.69) is 6.07 Å². The van der Waals surface area contributed by atoms with E-state index >= 15 is 0 Å². The molecule has 4 rings (SSSR count). The first-order valence-electron chi connectivity index (χ1n) is 9.70. The molecule has 2 aliphatic heterocycles. The van der Waals surface area contributed by atoms with Crippen molar-refractivity contribution in [3.8, 4) is 0 Å². The number of nitrogens with zero attached hydrogens (tertiary/aromatic N) is 3. The third-order valence-corrected chi connectivity index (χ3v) is 5.70. The molecule has 0 N–H and O–H groups in total. The van der Waals surface area contributed by atoms with Crippen molar-refractivity contribution in [1.29, 1.82) is 0 Å². The molecule has 2 unspecified atom stereocenters. The summed E-state index contributed by atoms with van der Waals surface area (Å²) in [6.07, 6.45) is 1.19. The largest absolute Gasteiger partial charge is 0.450 e. The number of hydrogen-bond donors (Lipinski definition) is 0. The van der Waals surface area contributed by atoms with E-state index in [-0.39, 0.29) is 29.7 Å². The number of carbonyl (C=O) groups excluding carboxylic acids is 3. The number of rotatable bonds is 3. The number of hydrogen-bond acceptors (Lipinski definition) is 4. The fraction of sp³-hybridized carbons (Fsp3) is 0.550. The number of piperazine rings is 1. The van der Waals surface area contributed by atoms with Crippen LogP contribution < -0.4 is 4.90 Å². The van der Waals surface area contributed by atoms with Crippen molar-refractivity contribution in [3.05, 3.63) is 29.8 Å². The maximum atomic E-state index is 12.9. The minimum absolute atomic E-state index is 0.0457. The Bertz CT molecular complexity index is 757. The van der Waals surface area contributed by atoms with Gasteiger partial charge in [-0.1, -0.05) is 18.2 Å². The van der Waals surface area contributed by atoms with Gasteiger partial charge >= 0.3 is 6.09 Å². The summed E-state index contributed by atoms with van der Waals surface area (Å²) in [5.74, 6) is -0.293. The fourth-order valence-electron chi connectivity index (χ4n) is 4.07. The van der Waals surface area contributed by atoms with Gasteiger partial charge in [0.15, 0.2) is 0 Å². The van der Waals surface area contributed by atoms with Crippen LogP contribution in [0, 0.1) is 11.8 Å². The summed E-state index contributed by atoms with van der Waals surface area (Å²) in [6.45, 7) is 4.80. The lowest BCUT2D eigenvalue weighted by molar-refractivity contribution is -0.135. The molecule has 1 aliphatic carbocycles.